The molecule has 3 rings (SSSR count). The second kappa shape index (κ2) is 9.29. The average Bonchev–Trinajstić information content (AvgIpc) is 3.20. The molecule has 0 radical (unpaired) electrons. The van der Waals surface area contributed by atoms with Crippen LogP contribution in [0.3, 0.4) is 0 Å². The Labute approximate surface area is 187 Å². The van der Waals surface area contributed by atoms with E-state index in [1.54, 1.807) is 0 Å². The van der Waals surface area contributed by atoms with Crippen LogP contribution in [0.2, 0.25) is 0 Å². The predicted molar refractivity (Wildman–Crippen MR) is 109 cm³/mol. The second-order valence-electron chi connectivity index (χ2n) is 7.40. The zero-order valence-corrected chi connectivity index (χ0v) is 18.3. The highest BCUT2D eigenvalue weighted by Gasteiger charge is 2.56. The summed E-state index contributed by atoms with van der Waals surface area (Å²) in [5, 5.41) is 24.3. The fraction of sp³-hybridized carbons (Fsp3) is 0.474. The lowest BCUT2D eigenvalue weighted by atomic mass is 9.95. The first-order chi connectivity index (χ1) is 15.4. The van der Waals surface area contributed by atoms with Crippen LogP contribution < -0.4 is 5.32 Å². The molecule has 0 saturated carbocycles. The molecule has 1 aromatic carbocycles. The topological polar surface area (TPSA) is 135 Å². The Bertz CT molecular complexity index is 1110. The summed E-state index contributed by atoms with van der Waals surface area (Å²) >= 11 is 0. The maximum atomic E-state index is 13.6. The largest absolute Gasteiger partial charge is 0.463 e. The highest BCUT2D eigenvalue weighted by molar-refractivity contribution is 7.89. The van der Waals surface area contributed by atoms with E-state index < -0.39 is 51.1 Å². The van der Waals surface area contributed by atoms with Crippen molar-refractivity contribution in [2.24, 2.45) is 0 Å². The number of halogens is 3. The number of sulfonamides is 1. The summed E-state index contributed by atoms with van der Waals surface area (Å²) in [6.45, 7) is 1.48. The van der Waals surface area contributed by atoms with Gasteiger partial charge in [0.1, 0.15) is 17.2 Å². The first kappa shape index (κ1) is 25.0. The number of hydrogen-bond donors (Lipinski definition) is 2. The Hall–Kier alpha value is -2.68. The van der Waals surface area contributed by atoms with Crippen molar-refractivity contribution < 1.29 is 40.8 Å². The van der Waals surface area contributed by atoms with Crippen molar-refractivity contribution in [3.05, 3.63) is 52.0 Å². The number of aryl methyl sites for hydroxylation is 1. The third-order valence-corrected chi connectivity index (χ3v) is 7.09. The van der Waals surface area contributed by atoms with Crippen molar-refractivity contribution >= 4 is 21.4 Å². The molecule has 2 N–H and O–H groups in total. The highest BCUT2D eigenvalue weighted by atomic mass is 32.2. The van der Waals surface area contributed by atoms with Gasteiger partial charge in [0.25, 0.3) is 5.69 Å². The van der Waals surface area contributed by atoms with E-state index in [4.69, 9.17) is 9.15 Å². The van der Waals surface area contributed by atoms with E-state index in [2.05, 4.69) is 5.32 Å². The molecule has 182 valence electrons. The lowest BCUT2D eigenvalue weighted by Gasteiger charge is -2.28. The Morgan fingerprint density at radius 1 is 1.21 bits per heavy atom. The summed E-state index contributed by atoms with van der Waals surface area (Å²) in [6, 6.07) is 5.37. The molecule has 1 aromatic heterocycles. The van der Waals surface area contributed by atoms with Crippen molar-refractivity contribution in [2.75, 3.05) is 38.2 Å². The normalized spacial score (nSPS) is 17.5. The third kappa shape index (κ3) is 5.13. The second-order valence-corrected chi connectivity index (χ2v) is 9.34. The van der Waals surface area contributed by atoms with Gasteiger partial charge in [-0.2, -0.15) is 17.5 Å². The molecule has 0 unspecified atom stereocenters. The van der Waals surface area contributed by atoms with E-state index in [0.717, 1.165) is 28.6 Å². The number of nitrogens with one attached hydrogen (secondary N) is 1. The number of nitro benzene ring substituents is 1. The van der Waals surface area contributed by atoms with Crippen LogP contribution in [0.4, 0.5) is 24.5 Å². The molecule has 1 aliphatic rings. The van der Waals surface area contributed by atoms with Crippen LogP contribution >= 0.6 is 0 Å². The number of morpholine rings is 1. The summed E-state index contributed by atoms with van der Waals surface area (Å²) in [5.41, 5.74) is -4.14. The number of furan rings is 1. The SMILES string of the molecule is Cc1ccc([C@@](O)(CCNc2ccc(S(=O)(=O)N3CCOCC3)cc2[N+](=O)[O-])C(F)(F)F)o1. The Balaban J connectivity index is 1.81. The summed E-state index contributed by atoms with van der Waals surface area (Å²) in [6.07, 6.45) is -5.98. The van der Waals surface area contributed by atoms with Gasteiger partial charge in [-0.15, -0.1) is 0 Å². The monoisotopic (exact) mass is 493 g/mol. The number of nitro groups is 1. The van der Waals surface area contributed by atoms with Gasteiger partial charge in [-0.05, 0) is 31.2 Å². The number of ether oxygens (including phenoxy) is 1. The van der Waals surface area contributed by atoms with E-state index in [9.17, 15) is 36.8 Å². The van der Waals surface area contributed by atoms with Gasteiger partial charge in [-0.25, -0.2) is 8.42 Å². The van der Waals surface area contributed by atoms with Crippen molar-refractivity contribution in [2.45, 2.75) is 30.0 Å². The predicted octanol–water partition coefficient (Wildman–Crippen LogP) is 2.77. The van der Waals surface area contributed by atoms with E-state index in [0.29, 0.717) is 0 Å². The minimum Gasteiger partial charge on any atom is -0.463 e. The van der Waals surface area contributed by atoms with Gasteiger partial charge in [0, 0.05) is 32.1 Å². The van der Waals surface area contributed by atoms with E-state index in [1.165, 1.54) is 13.0 Å². The molecule has 0 amide bonds. The van der Waals surface area contributed by atoms with Crippen LogP contribution in [0.15, 0.2) is 39.6 Å². The lowest BCUT2D eigenvalue weighted by Crippen LogP contribution is -2.43. The summed E-state index contributed by atoms with van der Waals surface area (Å²) in [5.74, 6) is -0.524. The molecule has 2 aromatic rings. The van der Waals surface area contributed by atoms with Gasteiger partial charge in [0.2, 0.25) is 15.6 Å². The van der Waals surface area contributed by atoms with Crippen molar-refractivity contribution in [1.29, 1.82) is 0 Å². The van der Waals surface area contributed by atoms with Crippen molar-refractivity contribution in [3.63, 3.8) is 0 Å². The summed E-state index contributed by atoms with van der Waals surface area (Å²) in [7, 11) is -4.01. The van der Waals surface area contributed by atoms with Crippen LogP contribution in [-0.2, 0) is 20.4 Å². The number of benzene rings is 1. The first-order valence-corrected chi connectivity index (χ1v) is 11.3. The number of aliphatic hydroxyl groups is 1. The van der Waals surface area contributed by atoms with Crippen LogP contribution in [-0.4, -0.2) is 61.8 Å². The number of alkyl halides is 3. The molecule has 33 heavy (non-hydrogen) atoms. The molecule has 1 aliphatic heterocycles. The van der Waals surface area contributed by atoms with Crippen molar-refractivity contribution in [3.8, 4) is 0 Å². The molecule has 1 atom stereocenters. The van der Waals surface area contributed by atoms with Crippen LogP contribution in [0.5, 0.6) is 0 Å². The smallest absolute Gasteiger partial charge is 0.424 e. The molecule has 14 heteroatoms. The minimum atomic E-state index is -5.07. The molecule has 0 spiro atoms. The maximum absolute atomic E-state index is 13.6. The lowest BCUT2D eigenvalue weighted by molar-refractivity contribution is -0.384. The van der Waals surface area contributed by atoms with E-state index in [-0.39, 0.29) is 42.6 Å². The Morgan fingerprint density at radius 2 is 1.88 bits per heavy atom. The maximum Gasteiger partial charge on any atom is 0.424 e. The van der Waals surface area contributed by atoms with Gasteiger partial charge in [-0.1, -0.05) is 0 Å². The van der Waals surface area contributed by atoms with Gasteiger partial charge >= 0.3 is 6.18 Å². The van der Waals surface area contributed by atoms with Gasteiger partial charge in [-0.3, -0.25) is 10.1 Å². The van der Waals surface area contributed by atoms with Crippen LogP contribution in [0, 0.1) is 17.0 Å². The molecule has 1 fully saturated rings. The third-order valence-electron chi connectivity index (χ3n) is 5.19. The van der Waals surface area contributed by atoms with Crippen LogP contribution in [0.25, 0.3) is 0 Å². The molecular formula is C19H22F3N3O7S. The molecule has 0 aliphatic carbocycles. The van der Waals surface area contributed by atoms with Gasteiger partial charge < -0.3 is 19.6 Å². The highest BCUT2D eigenvalue weighted by Crippen LogP contribution is 2.42. The summed E-state index contributed by atoms with van der Waals surface area (Å²) < 4.78 is 77.4. The zero-order chi connectivity index (χ0) is 24.4. The van der Waals surface area contributed by atoms with E-state index >= 15 is 0 Å². The quantitative estimate of drug-likeness (QED) is 0.423. The van der Waals surface area contributed by atoms with Crippen LogP contribution in [0.1, 0.15) is 17.9 Å². The average molecular weight is 493 g/mol. The number of anilines is 1. The Morgan fingerprint density at radius 3 is 2.42 bits per heavy atom. The minimum absolute atomic E-state index is 0.0956. The fourth-order valence-corrected chi connectivity index (χ4v) is 4.78. The van der Waals surface area contributed by atoms with E-state index in [1.807, 2.05) is 0 Å². The number of rotatable bonds is 8. The van der Waals surface area contributed by atoms with Gasteiger partial charge in [0.05, 0.1) is 23.0 Å². The Kier molecular flexibility index (Phi) is 7.02. The molecule has 1 saturated heterocycles. The zero-order valence-electron chi connectivity index (χ0n) is 17.5. The fourth-order valence-electron chi connectivity index (χ4n) is 3.35. The number of nitrogens with zero attached hydrogens (tertiary/aromatic N) is 2. The summed E-state index contributed by atoms with van der Waals surface area (Å²) in [4.78, 5) is 10.4. The molecular weight excluding hydrogens is 471 g/mol. The first-order valence-electron chi connectivity index (χ1n) is 9.82. The van der Waals surface area contributed by atoms with Crippen molar-refractivity contribution in [1.82, 2.24) is 4.31 Å². The van der Waals surface area contributed by atoms with Gasteiger partial charge in [0.15, 0.2) is 0 Å². The number of hydrogen-bond acceptors (Lipinski definition) is 8. The standard InChI is InChI=1S/C19H22F3N3O7S/c1-13-2-5-17(32-13)18(26,19(20,21)22)6-7-23-15-4-3-14(12-16(15)25(27)28)33(29,30)24-8-10-31-11-9-24/h2-5,12,23,26H,6-11H2,1H3/t18-/m0/s1. The molecule has 0 bridgehead atoms. The molecule has 2 heterocycles. The molecule has 10 nitrogen and oxygen atoms in total.